The molecule has 6 heteroatoms. The summed E-state index contributed by atoms with van der Waals surface area (Å²) < 4.78 is 4.96. The summed E-state index contributed by atoms with van der Waals surface area (Å²) in [5, 5.41) is 8.93. The largest absolute Gasteiger partial charge is 0.399 e. The molecule has 0 heterocycles. The van der Waals surface area contributed by atoms with Crippen molar-refractivity contribution in [3.05, 3.63) is 28.8 Å². The van der Waals surface area contributed by atoms with Crippen LogP contribution in [-0.2, 0) is 4.74 Å². The van der Waals surface area contributed by atoms with Crippen LogP contribution >= 0.6 is 11.6 Å². The standard InChI is InChI=1S/C13H16ClN3O2/c1-19-8-7-17(6-2-5-15)13(18)11-4-3-10(16)9-12(11)14/h3-4,9H,2,6-8,16H2,1H3. The molecule has 0 aliphatic rings. The second-order valence-electron chi connectivity index (χ2n) is 3.93. The zero-order chi connectivity index (χ0) is 14.3. The first kappa shape index (κ1) is 15.3. The monoisotopic (exact) mass is 281 g/mol. The molecule has 0 saturated heterocycles. The Hall–Kier alpha value is -1.77. The van der Waals surface area contributed by atoms with Gasteiger partial charge in [-0.05, 0) is 18.2 Å². The quantitative estimate of drug-likeness (QED) is 0.808. The molecule has 19 heavy (non-hydrogen) atoms. The molecular weight excluding hydrogens is 266 g/mol. The maximum absolute atomic E-state index is 12.3. The molecule has 1 aromatic rings. The number of anilines is 1. The van der Waals surface area contributed by atoms with Crippen LogP contribution in [0.25, 0.3) is 0 Å². The number of nitrogens with zero attached hydrogens (tertiary/aromatic N) is 2. The predicted octanol–water partition coefficient (Wildman–Crippen LogP) is 1.92. The Labute approximate surface area is 117 Å². The van der Waals surface area contributed by atoms with E-state index in [-0.39, 0.29) is 12.3 Å². The van der Waals surface area contributed by atoms with Gasteiger partial charge in [-0.3, -0.25) is 4.79 Å². The lowest BCUT2D eigenvalue weighted by molar-refractivity contribution is 0.0700. The molecule has 0 radical (unpaired) electrons. The van der Waals surface area contributed by atoms with Gasteiger partial charge in [-0.1, -0.05) is 11.6 Å². The number of nitrogen functional groups attached to an aromatic ring is 1. The maximum atomic E-state index is 12.3. The van der Waals surface area contributed by atoms with Gasteiger partial charge in [0.1, 0.15) is 0 Å². The number of rotatable bonds is 6. The average molecular weight is 282 g/mol. The summed E-state index contributed by atoms with van der Waals surface area (Å²) in [5.74, 6) is -0.225. The van der Waals surface area contributed by atoms with Crippen molar-refractivity contribution in [2.24, 2.45) is 0 Å². The van der Waals surface area contributed by atoms with Gasteiger partial charge in [0.2, 0.25) is 0 Å². The number of hydrogen-bond donors (Lipinski definition) is 1. The van der Waals surface area contributed by atoms with Gasteiger partial charge in [0.05, 0.1) is 29.7 Å². The van der Waals surface area contributed by atoms with E-state index in [2.05, 4.69) is 0 Å². The zero-order valence-electron chi connectivity index (χ0n) is 10.7. The van der Waals surface area contributed by atoms with Crippen LogP contribution in [0.3, 0.4) is 0 Å². The molecule has 0 aliphatic heterocycles. The third-order valence-corrected chi connectivity index (χ3v) is 2.88. The van der Waals surface area contributed by atoms with Crippen molar-refractivity contribution in [2.45, 2.75) is 6.42 Å². The second kappa shape index (κ2) is 7.62. The van der Waals surface area contributed by atoms with Gasteiger partial charge in [-0.2, -0.15) is 5.26 Å². The predicted molar refractivity (Wildman–Crippen MR) is 73.9 cm³/mol. The molecule has 0 aliphatic carbocycles. The third-order valence-electron chi connectivity index (χ3n) is 2.57. The van der Waals surface area contributed by atoms with E-state index in [4.69, 9.17) is 27.3 Å². The molecule has 0 spiro atoms. The molecular formula is C13H16ClN3O2. The van der Waals surface area contributed by atoms with Gasteiger partial charge in [-0.25, -0.2) is 0 Å². The molecule has 0 aromatic heterocycles. The smallest absolute Gasteiger partial charge is 0.255 e. The number of halogens is 1. The summed E-state index contributed by atoms with van der Waals surface area (Å²) in [6.07, 6.45) is 0.266. The highest BCUT2D eigenvalue weighted by molar-refractivity contribution is 6.34. The van der Waals surface area contributed by atoms with Crippen LogP contribution in [0.15, 0.2) is 18.2 Å². The van der Waals surface area contributed by atoms with Crippen molar-refractivity contribution < 1.29 is 9.53 Å². The van der Waals surface area contributed by atoms with Crippen molar-refractivity contribution in [3.8, 4) is 6.07 Å². The maximum Gasteiger partial charge on any atom is 0.255 e. The third kappa shape index (κ3) is 4.43. The van der Waals surface area contributed by atoms with E-state index < -0.39 is 0 Å². The Bertz CT molecular complexity index is 485. The highest BCUT2D eigenvalue weighted by Gasteiger charge is 2.18. The fraction of sp³-hybridized carbons (Fsp3) is 0.385. The number of amides is 1. The van der Waals surface area contributed by atoms with E-state index >= 15 is 0 Å². The van der Waals surface area contributed by atoms with Gasteiger partial charge in [0.15, 0.2) is 0 Å². The van der Waals surface area contributed by atoms with Gasteiger partial charge in [0, 0.05) is 25.9 Å². The van der Waals surface area contributed by atoms with Crippen LogP contribution in [0.1, 0.15) is 16.8 Å². The van der Waals surface area contributed by atoms with Gasteiger partial charge < -0.3 is 15.4 Å². The fourth-order valence-corrected chi connectivity index (χ4v) is 1.85. The molecule has 0 bridgehead atoms. The lowest BCUT2D eigenvalue weighted by atomic mass is 10.1. The molecule has 102 valence electrons. The topological polar surface area (TPSA) is 79.3 Å². The number of ether oxygens (including phenoxy) is 1. The Kier molecular flexibility index (Phi) is 6.13. The zero-order valence-corrected chi connectivity index (χ0v) is 11.5. The number of nitriles is 1. The van der Waals surface area contributed by atoms with Gasteiger partial charge >= 0.3 is 0 Å². The van der Waals surface area contributed by atoms with E-state index in [0.29, 0.717) is 36.0 Å². The van der Waals surface area contributed by atoms with E-state index in [1.165, 1.54) is 6.07 Å². The van der Waals surface area contributed by atoms with E-state index in [1.807, 2.05) is 6.07 Å². The van der Waals surface area contributed by atoms with E-state index in [9.17, 15) is 4.79 Å². The SMILES string of the molecule is COCCN(CCC#N)C(=O)c1ccc(N)cc1Cl. The molecule has 1 amide bonds. The Morgan fingerprint density at radius 3 is 2.84 bits per heavy atom. The molecule has 0 fully saturated rings. The summed E-state index contributed by atoms with van der Waals surface area (Å²) >= 11 is 6.01. The Morgan fingerprint density at radius 1 is 1.53 bits per heavy atom. The van der Waals surface area contributed by atoms with Crippen LogP contribution < -0.4 is 5.73 Å². The average Bonchev–Trinajstić information content (AvgIpc) is 2.38. The van der Waals surface area contributed by atoms with Crippen molar-refractivity contribution in [1.82, 2.24) is 4.90 Å². The van der Waals surface area contributed by atoms with Gasteiger partial charge in [-0.15, -0.1) is 0 Å². The molecule has 1 rings (SSSR count). The number of methoxy groups -OCH3 is 1. The lowest BCUT2D eigenvalue weighted by Crippen LogP contribution is -2.34. The summed E-state index contributed by atoms with van der Waals surface area (Å²) in [7, 11) is 1.56. The second-order valence-corrected chi connectivity index (χ2v) is 4.34. The summed E-state index contributed by atoms with van der Waals surface area (Å²) in [6.45, 7) is 1.17. The van der Waals surface area contributed by atoms with Crippen molar-refractivity contribution in [2.75, 3.05) is 32.5 Å². The molecule has 0 saturated carbocycles. The van der Waals surface area contributed by atoms with Crippen LogP contribution in [0.4, 0.5) is 5.69 Å². The molecule has 0 atom stereocenters. The Balaban J connectivity index is 2.88. The minimum absolute atomic E-state index is 0.225. The van der Waals surface area contributed by atoms with Crippen molar-refractivity contribution in [3.63, 3.8) is 0 Å². The first-order chi connectivity index (χ1) is 9.10. The molecule has 5 nitrogen and oxygen atoms in total. The van der Waals surface area contributed by atoms with Crippen molar-refractivity contribution >= 4 is 23.2 Å². The summed E-state index contributed by atoms with van der Waals surface area (Å²) in [6, 6.07) is 6.76. The Morgan fingerprint density at radius 2 is 2.26 bits per heavy atom. The van der Waals surface area contributed by atoms with Crippen LogP contribution in [0, 0.1) is 11.3 Å². The van der Waals surface area contributed by atoms with Crippen LogP contribution in [0.2, 0.25) is 5.02 Å². The molecule has 2 N–H and O–H groups in total. The number of nitrogens with two attached hydrogens (primary N) is 1. The summed E-state index contributed by atoms with van der Waals surface area (Å²) in [4.78, 5) is 13.9. The first-order valence-electron chi connectivity index (χ1n) is 5.80. The highest BCUT2D eigenvalue weighted by Crippen LogP contribution is 2.20. The number of carbonyl (C=O) groups excluding carboxylic acids is 1. The number of carbonyl (C=O) groups is 1. The number of hydrogen-bond acceptors (Lipinski definition) is 4. The van der Waals surface area contributed by atoms with E-state index in [1.54, 1.807) is 24.1 Å². The highest BCUT2D eigenvalue weighted by atomic mass is 35.5. The van der Waals surface area contributed by atoms with E-state index in [0.717, 1.165) is 0 Å². The molecule has 0 unspecified atom stereocenters. The van der Waals surface area contributed by atoms with Crippen molar-refractivity contribution in [1.29, 1.82) is 5.26 Å². The lowest BCUT2D eigenvalue weighted by Gasteiger charge is -2.21. The molecule has 1 aromatic carbocycles. The fourth-order valence-electron chi connectivity index (χ4n) is 1.58. The first-order valence-corrected chi connectivity index (χ1v) is 6.18. The summed E-state index contributed by atoms with van der Waals surface area (Å²) in [5.41, 5.74) is 6.47. The minimum Gasteiger partial charge on any atom is -0.399 e. The van der Waals surface area contributed by atoms with Gasteiger partial charge in [0.25, 0.3) is 5.91 Å². The minimum atomic E-state index is -0.225. The van der Waals surface area contributed by atoms with Crippen LogP contribution in [0.5, 0.6) is 0 Å². The number of benzene rings is 1. The van der Waals surface area contributed by atoms with Crippen LogP contribution in [-0.4, -0.2) is 37.6 Å². The normalized spacial score (nSPS) is 9.95.